The topological polar surface area (TPSA) is 50.2 Å². The lowest BCUT2D eigenvalue weighted by Gasteiger charge is -2.11. The summed E-state index contributed by atoms with van der Waals surface area (Å²) in [5.74, 6) is -0.677. The molecule has 0 radical (unpaired) electrons. The Morgan fingerprint density at radius 1 is 1.64 bits per heavy atom. The van der Waals surface area contributed by atoms with Crippen molar-refractivity contribution >= 4 is 5.97 Å². The summed E-state index contributed by atoms with van der Waals surface area (Å²) in [6.07, 6.45) is 3.56. The van der Waals surface area contributed by atoms with Crippen molar-refractivity contribution < 1.29 is 9.90 Å². The number of nitrogens with zero attached hydrogens (tertiary/aromatic N) is 1. The van der Waals surface area contributed by atoms with Gasteiger partial charge in [0, 0.05) is 6.20 Å². The molecule has 0 spiro atoms. The average molecular weight is 193 g/mol. The minimum Gasteiger partial charge on any atom is -0.477 e. The third-order valence-corrected chi connectivity index (χ3v) is 2.29. The van der Waals surface area contributed by atoms with Crippen LogP contribution in [0.3, 0.4) is 0 Å². The first-order chi connectivity index (χ1) is 6.66. The van der Waals surface area contributed by atoms with E-state index in [-0.39, 0.29) is 11.6 Å². The molecule has 0 aromatic carbocycles. The fraction of sp³-hybridized carbons (Fsp3) is 0.455. The Labute approximate surface area is 83.8 Å². The smallest absolute Gasteiger partial charge is 0.354 e. The zero-order chi connectivity index (χ0) is 10.6. The molecule has 0 saturated carbocycles. The third kappa shape index (κ3) is 2.31. The van der Waals surface area contributed by atoms with Crippen LogP contribution < -0.4 is 0 Å². The van der Waals surface area contributed by atoms with Crippen LogP contribution in [0.1, 0.15) is 48.7 Å². The zero-order valence-electron chi connectivity index (χ0n) is 8.53. The Balaban J connectivity index is 3.00. The summed E-state index contributed by atoms with van der Waals surface area (Å²) in [5, 5.41) is 8.92. The van der Waals surface area contributed by atoms with E-state index in [0.717, 1.165) is 18.4 Å². The molecule has 1 aromatic rings. The molecule has 14 heavy (non-hydrogen) atoms. The summed E-state index contributed by atoms with van der Waals surface area (Å²) >= 11 is 0. The summed E-state index contributed by atoms with van der Waals surface area (Å²) in [7, 11) is 0. The molecule has 1 atom stereocenters. The normalized spacial score (nSPS) is 12.4. The number of pyridine rings is 1. The van der Waals surface area contributed by atoms with Gasteiger partial charge in [0.05, 0.1) is 0 Å². The van der Waals surface area contributed by atoms with Crippen molar-refractivity contribution in [1.29, 1.82) is 0 Å². The summed E-state index contributed by atoms with van der Waals surface area (Å²) in [5.41, 5.74) is 1.02. The van der Waals surface area contributed by atoms with Crippen LogP contribution in [-0.4, -0.2) is 16.1 Å². The van der Waals surface area contributed by atoms with Gasteiger partial charge in [-0.1, -0.05) is 26.3 Å². The number of carbonyl (C=O) groups is 1. The largest absolute Gasteiger partial charge is 0.477 e. The highest BCUT2D eigenvalue weighted by Crippen LogP contribution is 2.22. The highest BCUT2D eigenvalue weighted by Gasteiger charge is 2.15. The first-order valence-electron chi connectivity index (χ1n) is 4.85. The zero-order valence-corrected chi connectivity index (χ0v) is 8.53. The summed E-state index contributed by atoms with van der Waals surface area (Å²) in [4.78, 5) is 14.7. The van der Waals surface area contributed by atoms with Crippen LogP contribution in [0.2, 0.25) is 0 Å². The summed E-state index contributed by atoms with van der Waals surface area (Å²) in [6, 6.07) is 3.63. The maximum absolute atomic E-state index is 10.9. The lowest BCUT2D eigenvalue weighted by Crippen LogP contribution is -2.07. The Morgan fingerprint density at radius 3 is 2.93 bits per heavy atom. The van der Waals surface area contributed by atoms with Crippen LogP contribution in [0.5, 0.6) is 0 Å². The predicted octanol–water partition coefficient (Wildman–Crippen LogP) is 2.68. The van der Waals surface area contributed by atoms with Crippen molar-refractivity contribution in [1.82, 2.24) is 4.98 Å². The van der Waals surface area contributed by atoms with Gasteiger partial charge < -0.3 is 5.11 Å². The molecule has 0 aliphatic heterocycles. The summed E-state index contributed by atoms with van der Waals surface area (Å²) in [6.45, 7) is 4.13. The van der Waals surface area contributed by atoms with Gasteiger partial charge >= 0.3 is 5.97 Å². The lowest BCUT2D eigenvalue weighted by molar-refractivity contribution is 0.0688. The molecule has 1 rings (SSSR count). The van der Waals surface area contributed by atoms with Gasteiger partial charge in [0.15, 0.2) is 5.69 Å². The first-order valence-corrected chi connectivity index (χ1v) is 4.85. The van der Waals surface area contributed by atoms with E-state index in [2.05, 4.69) is 11.9 Å². The van der Waals surface area contributed by atoms with Gasteiger partial charge in [0.1, 0.15) is 0 Å². The number of carboxylic acids is 1. The van der Waals surface area contributed by atoms with Gasteiger partial charge in [-0.2, -0.15) is 0 Å². The van der Waals surface area contributed by atoms with Gasteiger partial charge in [-0.25, -0.2) is 9.78 Å². The molecule has 3 nitrogen and oxygen atoms in total. The van der Waals surface area contributed by atoms with Gasteiger partial charge in [-0.3, -0.25) is 0 Å². The van der Waals surface area contributed by atoms with Crippen LogP contribution in [0.4, 0.5) is 0 Å². The molecule has 0 aliphatic rings. The van der Waals surface area contributed by atoms with E-state index in [1.54, 1.807) is 6.07 Å². The maximum Gasteiger partial charge on any atom is 0.354 e. The van der Waals surface area contributed by atoms with Crippen LogP contribution in [0.15, 0.2) is 18.3 Å². The monoisotopic (exact) mass is 193 g/mol. The van der Waals surface area contributed by atoms with Gasteiger partial charge in [0.25, 0.3) is 0 Å². The molecule has 0 saturated heterocycles. The van der Waals surface area contributed by atoms with Crippen LogP contribution in [0.25, 0.3) is 0 Å². The van der Waals surface area contributed by atoms with E-state index in [1.165, 1.54) is 6.20 Å². The van der Waals surface area contributed by atoms with E-state index in [0.29, 0.717) is 0 Å². The van der Waals surface area contributed by atoms with Crippen LogP contribution >= 0.6 is 0 Å². The number of rotatable bonds is 4. The van der Waals surface area contributed by atoms with Crippen molar-refractivity contribution in [2.75, 3.05) is 0 Å². The van der Waals surface area contributed by atoms with Gasteiger partial charge in [-0.15, -0.1) is 0 Å². The molecule has 0 bridgehead atoms. The second-order valence-electron chi connectivity index (χ2n) is 3.44. The molecular weight excluding hydrogens is 178 g/mol. The maximum atomic E-state index is 10.9. The van der Waals surface area contributed by atoms with E-state index in [1.807, 2.05) is 13.0 Å². The highest BCUT2D eigenvalue weighted by molar-refractivity contribution is 5.87. The average Bonchev–Trinajstić information content (AvgIpc) is 2.18. The van der Waals surface area contributed by atoms with Gasteiger partial charge in [0.2, 0.25) is 0 Å². The SMILES string of the molecule is CCCC(C)c1cccnc1C(=O)O. The first kappa shape index (κ1) is 10.7. The molecule has 0 aliphatic carbocycles. The Morgan fingerprint density at radius 2 is 2.36 bits per heavy atom. The minimum atomic E-state index is -0.941. The molecule has 1 N–H and O–H groups in total. The fourth-order valence-corrected chi connectivity index (χ4v) is 1.58. The quantitative estimate of drug-likeness (QED) is 0.799. The Kier molecular flexibility index (Phi) is 3.63. The molecule has 0 amide bonds. The number of aromatic carboxylic acids is 1. The molecule has 76 valence electrons. The second-order valence-corrected chi connectivity index (χ2v) is 3.44. The van der Waals surface area contributed by atoms with E-state index in [4.69, 9.17) is 5.11 Å². The summed E-state index contributed by atoms with van der Waals surface area (Å²) < 4.78 is 0. The standard InChI is InChI=1S/C11H15NO2/c1-3-5-8(2)9-6-4-7-12-10(9)11(13)14/h4,6-8H,3,5H2,1-2H3,(H,13,14). The Hall–Kier alpha value is -1.38. The van der Waals surface area contributed by atoms with E-state index < -0.39 is 5.97 Å². The van der Waals surface area contributed by atoms with Crippen molar-refractivity contribution in [2.45, 2.75) is 32.6 Å². The van der Waals surface area contributed by atoms with Crippen molar-refractivity contribution in [3.05, 3.63) is 29.6 Å². The number of hydrogen-bond donors (Lipinski definition) is 1. The minimum absolute atomic E-state index is 0.188. The second kappa shape index (κ2) is 4.74. The third-order valence-electron chi connectivity index (χ3n) is 2.29. The van der Waals surface area contributed by atoms with Crippen molar-refractivity contribution in [3.8, 4) is 0 Å². The molecule has 1 aromatic heterocycles. The Bertz CT molecular complexity index is 323. The van der Waals surface area contributed by atoms with Gasteiger partial charge in [-0.05, 0) is 24.0 Å². The molecular formula is C11H15NO2. The van der Waals surface area contributed by atoms with E-state index in [9.17, 15) is 4.79 Å². The highest BCUT2D eigenvalue weighted by atomic mass is 16.4. The number of carboxylic acid groups (broad SMARTS) is 1. The molecule has 0 fully saturated rings. The fourth-order valence-electron chi connectivity index (χ4n) is 1.58. The van der Waals surface area contributed by atoms with Crippen molar-refractivity contribution in [3.63, 3.8) is 0 Å². The van der Waals surface area contributed by atoms with E-state index >= 15 is 0 Å². The molecule has 3 heteroatoms. The lowest BCUT2D eigenvalue weighted by atomic mass is 9.95. The van der Waals surface area contributed by atoms with Crippen LogP contribution in [-0.2, 0) is 0 Å². The van der Waals surface area contributed by atoms with Crippen molar-refractivity contribution in [2.24, 2.45) is 0 Å². The predicted molar refractivity (Wildman–Crippen MR) is 54.5 cm³/mol. The molecule has 1 unspecified atom stereocenters. The number of hydrogen-bond acceptors (Lipinski definition) is 2. The van der Waals surface area contributed by atoms with Crippen LogP contribution in [0, 0.1) is 0 Å². The molecule has 1 heterocycles. The number of aromatic nitrogens is 1.